The minimum atomic E-state index is 0.392. The zero-order chi connectivity index (χ0) is 10.7. The summed E-state index contributed by atoms with van der Waals surface area (Å²) in [4.78, 5) is 0. The van der Waals surface area contributed by atoms with Gasteiger partial charge in [0.1, 0.15) is 12.1 Å². The van der Waals surface area contributed by atoms with Crippen molar-refractivity contribution in [2.45, 2.75) is 0 Å². The molecular formula is C12H6N3. The van der Waals surface area contributed by atoms with Crippen LogP contribution in [0.4, 0.5) is 0 Å². The van der Waals surface area contributed by atoms with Gasteiger partial charge in [-0.3, -0.25) is 0 Å². The van der Waals surface area contributed by atoms with E-state index >= 15 is 0 Å². The molecule has 0 saturated heterocycles. The molecule has 0 amide bonds. The van der Waals surface area contributed by atoms with Crippen LogP contribution in [0.25, 0.3) is 5.69 Å². The van der Waals surface area contributed by atoms with Gasteiger partial charge < -0.3 is 4.57 Å². The highest BCUT2D eigenvalue weighted by Gasteiger charge is 2.03. The number of nitriles is 2. The van der Waals surface area contributed by atoms with Crippen LogP contribution in [-0.4, -0.2) is 4.57 Å². The van der Waals surface area contributed by atoms with Crippen molar-refractivity contribution in [1.29, 1.82) is 10.5 Å². The van der Waals surface area contributed by atoms with Crippen molar-refractivity contribution < 1.29 is 0 Å². The number of hydrogen-bond donors (Lipinski definition) is 0. The molecule has 3 heteroatoms. The second kappa shape index (κ2) is 3.69. The number of aromatic nitrogens is 1. The highest BCUT2D eigenvalue weighted by molar-refractivity contribution is 5.51. The third-order valence-electron chi connectivity index (χ3n) is 2.09. The lowest BCUT2D eigenvalue weighted by Gasteiger charge is -2.03. The van der Waals surface area contributed by atoms with Crippen molar-refractivity contribution >= 4 is 0 Å². The third kappa shape index (κ3) is 1.59. The molecule has 0 bridgehead atoms. The molecule has 0 saturated carbocycles. The van der Waals surface area contributed by atoms with E-state index in [1.807, 2.05) is 22.9 Å². The Morgan fingerprint density at radius 1 is 1.13 bits per heavy atom. The van der Waals surface area contributed by atoms with Gasteiger partial charge in [-0.25, -0.2) is 0 Å². The van der Waals surface area contributed by atoms with Gasteiger partial charge in [-0.05, 0) is 24.3 Å². The Labute approximate surface area is 87.4 Å². The highest BCUT2D eigenvalue weighted by atomic mass is 14.9. The summed E-state index contributed by atoms with van der Waals surface area (Å²) in [5.41, 5.74) is 1.65. The molecule has 0 spiro atoms. The van der Waals surface area contributed by atoms with Crippen LogP contribution in [0.15, 0.2) is 36.7 Å². The van der Waals surface area contributed by atoms with Crippen molar-refractivity contribution in [1.82, 2.24) is 4.57 Å². The molecule has 0 aliphatic heterocycles. The first-order valence-corrected chi connectivity index (χ1v) is 4.34. The smallest absolute Gasteiger partial charge is 0.101 e. The van der Waals surface area contributed by atoms with Crippen molar-refractivity contribution in [2.24, 2.45) is 0 Å². The van der Waals surface area contributed by atoms with Crippen LogP contribution in [0.3, 0.4) is 0 Å². The van der Waals surface area contributed by atoms with Crippen molar-refractivity contribution in [3.63, 3.8) is 0 Å². The summed E-state index contributed by atoms with van der Waals surface area (Å²) in [5, 5.41) is 17.6. The molecule has 0 N–H and O–H groups in total. The SMILES string of the molecule is N#Cc1ccc(-n2c[c]cc2)cc1C#N. The maximum absolute atomic E-state index is 8.85. The summed E-state index contributed by atoms with van der Waals surface area (Å²) in [6, 6.07) is 13.8. The van der Waals surface area contributed by atoms with Crippen molar-refractivity contribution in [3.8, 4) is 17.8 Å². The molecule has 69 valence electrons. The second-order valence-corrected chi connectivity index (χ2v) is 2.97. The molecule has 1 radical (unpaired) electrons. The molecule has 0 atom stereocenters. The number of nitrogens with zero attached hydrogens (tertiary/aromatic N) is 3. The Balaban J connectivity index is 2.56. The summed E-state index contributed by atoms with van der Waals surface area (Å²) < 4.78 is 1.84. The quantitative estimate of drug-likeness (QED) is 0.694. The zero-order valence-corrected chi connectivity index (χ0v) is 7.81. The lowest BCUT2D eigenvalue weighted by molar-refractivity contribution is 1.08. The number of rotatable bonds is 1. The van der Waals surface area contributed by atoms with Crippen molar-refractivity contribution in [3.05, 3.63) is 53.9 Å². The van der Waals surface area contributed by atoms with Crippen LogP contribution in [0.2, 0.25) is 0 Å². The fourth-order valence-electron chi connectivity index (χ4n) is 1.33. The van der Waals surface area contributed by atoms with Crippen LogP contribution in [0.5, 0.6) is 0 Å². The van der Waals surface area contributed by atoms with E-state index in [1.54, 1.807) is 30.5 Å². The molecule has 0 fully saturated rings. The fourth-order valence-corrected chi connectivity index (χ4v) is 1.33. The van der Waals surface area contributed by atoms with Crippen LogP contribution >= 0.6 is 0 Å². The highest BCUT2D eigenvalue weighted by Crippen LogP contribution is 2.14. The van der Waals surface area contributed by atoms with Crippen LogP contribution in [-0.2, 0) is 0 Å². The largest absolute Gasteiger partial charge is 0.323 e. The van der Waals surface area contributed by atoms with E-state index in [9.17, 15) is 0 Å². The number of hydrogen-bond acceptors (Lipinski definition) is 2. The van der Waals surface area contributed by atoms with Crippen molar-refractivity contribution in [2.75, 3.05) is 0 Å². The normalized spacial score (nSPS) is 9.20. The molecule has 1 aromatic carbocycles. The van der Waals surface area contributed by atoms with Gasteiger partial charge in [0.15, 0.2) is 0 Å². The molecular weight excluding hydrogens is 186 g/mol. The molecule has 2 rings (SSSR count). The van der Waals surface area contributed by atoms with Crippen LogP contribution in [0.1, 0.15) is 11.1 Å². The van der Waals surface area contributed by atoms with Gasteiger partial charge in [0.2, 0.25) is 0 Å². The summed E-state index contributed by atoms with van der Waals surface area (Å²) >= 11 is 0. The average molecular weight is 192 g/mol. The summed E-state index contributed by atoms with van der Waals surface area (Å²) in [5.74, 6) is 0. The van der Waals surface area contributed by atoms with E-state index in [-0.39, 0.29) is 0 Å². The topological polar surface area (TPSA) is 52.5 Å². The molecule has 1 aromatic heterocycles. The van der Waals surface area contributed by atoms with Crippen LogP contribution in [0, 0.1) is 28.7 Å². The Bertz CT molecular complexity index is 554. The first-order chi connectivity index (χ1) is 7.35. The summed E-state index contributed by atoms with van der Waals surface area (Å²) in [7, 11) is 0. The Morgan fingerprint density at radius 2 is 1.93 bits per heavy atom. The first kappa shape index (κ1) is 9.05. The van der Waals surface area contributed by atoms with Gasteiger partial charge in [-0.15, -0.1) is 0 Å². The molecule has 0 unspecified atom stereocenters. The Morgan fingerprint density at radius 3 is 2.53 bits per heavy atom. The maximum atomic E-state index is 8.85. The molecule has 0 aliphatic rings. The summed E-state index contributed by atoms with van der Waals surface area (Å²) in [6.07, 6.45) is 3.60. The monoisotopic (exact) mass is 192 g/mol. The maximum Gasteiger partial charge on any atom is 0.101 e. The Hall–Kier alpha value is -2.52. The van der Waals surface area contributed by atoms with Gasteiger partial charge in [-0.1, -0.05) is 0 Å². The van der Waals surface area contributed by atoms with Gasteiger partial charge in [0.05, 0.1) is 11.1 Å². The van der Waals surface area contributed by atoms with E-state index in [1.165, 1.54) is 0 Å². The van der Waals surface area contributed by atoms with Gasteiger partial charge in [0, 0.05) is 24.1 Å². The Kier molecular flexibility index (Phi) is 2.23. The standard InChI is InChI=1S/C12H6N3/c13-8-10-3-4-12(7-11(10)9-14)15-5-1-2-6-15/h1,3-7H. The van der Waals surface area contributed by atoms with Gasteiger partial charge in [-0.2, -0.15) is 10.5 Å². The number of benzene rings is 1. The van der Waals surface area contributed by atoms with Crippen LogP contribution < -0.4 is 0 Å². The minimum absolute atomic E-state index is 0.392. The lowest BCUT2D eigenvalue weighted by Crippen LogP contribution is -1.92. The predicted molar refractivity (Wildman–Crippen MR) is 54.0 cm³/mol. The predicted octanol–water partition coefficient (Wildman–Crippen LogP) is 2.02. The first-order valence-electron chi connectivity index (χ1n) is 4.34. The molecule has 3 nitrogen and oxygen atoms in total. The molecule has 15 heavy (non-hydrogen) atoms. The van der Waals surface area contributed by atoms with E-state index in [0.717, 1.165) is 5.69 Å². The molecule has 0 aliphatic carbocycles. The van der Waals surface area contributed by atoms with E-state index in [4.69, 9.17) is 10.5 Å². The van der Waals surface area contributed by atoms with Gasteiger partial charge >= 0.3 is 0 Å². The minimum Gasteiger partial charge on any atom is -0.323 e. The summed E-state index contributed by atoms with van der Waals surface area (Å²) in [6.45, 7) is 0. The van der Waals surface area contributed by atoms with E-state index < -0.39 is 0 Å². The van der Waals surface area contributed by atoms with Gasteiger partial charge in [0.25, 0.3) is 0 Å². The van der Waals surface area contributed by atoms with E-state index in [2.05, 4.69) is 6.07 Å². The fraction of sp³-hybridized carbons (Fsp3) is 0. The van der Waals surface area contributed by atoms with E-state index in [0.29, 0.717) is 11.1 Å². The average Bonchev–Trinajstić information content (AvgIpc) is 2.81. The second-order valence-electron chi connectivity index (χ2n) is 2.97. The third-order valence-corrected chi connectivity index (χ3v) is 2.09. The zero-order valence-electron chi connectivity index (χ0n) is 7.81. The lowest BCUT2D eigenvalue weighted by atomic mass is 10.1. The molecule has 1 heterocycles. The molecule has 2 aromatic rings.